The van der Waals surface area contributed by atoms with Gasteiger partial charge in [-0.25, -0.2) is 0 Å². The van der Waals surface area contributed by atoms with E-state index in [4.69, 9.17) is 4.74 Å². The number of carbonyl (C=O) groups excluding carboxylic acids is 1. The third-order valence-electron chi connectivity index (χ3n) is 4.26. The van der Waals surface area contributed by atoms with Crippen molar-refractivity contribution in [2.24, 2.45) is 0 Å². The van der Waals surface area contributed by atoms with Crippen LogP contribution in [0.25, 0.3) is 11.3 Å². The molecule has 0 radical (unpaired) electrons. The summed E-state index contributed by atoms with van der Waals surface area (Å²) in [7, 11) is 0. The van der Waals surface area contributed by atoms with E-state index in [-0.39, 0.29) is 11.5 Å². The first-order valence-corrected chi connectivity index (χ1v) is 8.08. The van der Waals surface area contributed by atoms with Gasteiger partial charge in [0.05, 0.1) is 5.57 Å². The van der Waals surface area contributed by atoms with Gasteiger partial charge >= 0.3 is 0 Å². The van der Waals surface area contributed by atoms with Crippen LogP contribution in [0.15, 0.2) is 78.9 Å². The van der Waals surface area contributed by atoms with Crippen molar-refractivity contribution in [3.8, 4) is 5.75 Å². The molecule has 0 unspecified atom stereocenters. The highest BCUT2D eigenvalue weighted by Gasteiger charge is 2.30. The van der Waals surface area contributed by atoms with Gasteiger partial charge in [0.1, 0.15) is 18.1 Å². The maximum atomic E-state index is 12.6. The Morgan fingerprint density at radius 3 is 2.28 bits per heavy atom. The molecule has 0 amide bonds. The number of fused-ring (bicyclic) bond motifs is 1. The molecule has 1 aliphatic carbocycles. The third kappa shape index (κ3) is 2.81. The Morgan fingerprint density at radius 2 is 1.52 bits per heavy atom. The van der Waals surface area contributed by atoms with Gasteiger partial charge in [-0.2, -0.15) is 0 Å². The Kier molecular flexibility index (Phi) is 3.82. The molecule has 0 bridgehead atoms. The summed E-state index contributed by atoms with van der Waals surface area (Å²) in [5, 5.41) is 10.5. The molecule has 4 rings (SSSR count). The summed E-state index contributed by atoms with van der Waals surface area (Å²) in [6, 6.07) is 24.2. The normalized spacial score (nSPS) is 13.0. The fraction of sp³-hybridized carbons (Fsp3) is 0.0455. The number of aliphatic hydroxyl groups excluding tert-OH is 1. The van der Waals surface area contributed by atoms with Gasteiger partial charge in [0, 0.05) is 11.1 Å². The number of ether oxygens (including phenoxy) is 1. The molecule has 122 valence electrons. The summed E-state index contributed by atoms with van der Waals surface area (Å²) in [5.74, 6) is 0.527. The van der Waals surface area contributed by atoms with Crippen LogP contribution in [0.1, 0.15) is 27.0 Å². The molecule has 0 aromatic heterocycles. The van der Waals surface area contributed by atoms with Crippen molar-refractivity contribution in [1.82, 2.24) is 0 Å². The van der Waals surface area contributed by atoms with Crippen molar-refractivity contribution < 1.29 is 14.6 Å². The molecular formula is C22H16O3. The van der Waals surface area contributed by atoms with Crippen LogP contribution in [0.5, 0.6) is 5.75 Å². The van der Waals surface area contributed by atoms with E-state index in [0.29, 0.717) is 34.6 Å². The molecule has 0 fully saturated rings. The molecule has 3 nitrogen and oxygen atoms in total. The fourth-order valence-corrected chi connectivity index (χ4v) is 3.01. The average molecular weight is 328 g/mol. The predicted molar refractivity (Wildman–Crippen MR) is 97.4 cm³/mol. The van der Waals surface area contributed by atoms with E-state index in [9.17, 15) is 9.90 Å². The fourth-order valence-electron chi connectivity index (χ4n) is 3.01. The van der Waals surface area contributed by atoms with Crippen LogP contribution in [0.2, 0.25) is 0 Å². The molecule has 3 heteroatoms. The highest BCUT2D eigenvalue weighted by atomic mass is 16.5. The topological polar surface area (TPSA) is 46.5 Å². The van der Waals surface area contributed by atoms with Gasteiger partial charge in [0.25, 0.3) is 0 Å². The van der Waals surface area contributed by atoms with E-state index in [1.165, 1.54) is 0 Å². The Hall–Kier alpha value is -3.33. The summed E-state index contributed by atoms with van der Waals surface area (Å²) >= 11 is 0. The zero-order valence-corrected chi connectivity index (χ0v) is 13.5. The van der Waals surface area contributed by atoms with Crippen LogP contribution >= 0.6 is 0 Å². The zero-order chi connectivity index (χ0) is 17.2. The number of carbonyl (C=O) groups is 1. The minimum atomic E-state index is -0.159. The van der Waals surface area contributed by atoms with Crippen LogP contribution in [0.4, 0.5) is 0 Å². The minimum Gasteiger partial charge on any atom is -0.507 e. The summed E-state index contributed by atoms with van der Waals surface area (Å²) < 4.78 is 5.82. The van der Waals surface area contributed by atoms with Crippen molar-refractivity contribution in [3.05, 3.63) is 101 Å². The first-order valence-electron chi connectivity index (χ1n) is 8.08. The molecule has 0 heterocycles. The van der Waals surface area contributed by atoms with E-state index in [0.717, 1.165) is 5.56 Å². The first-order chi connectivity index (χ1) is 12.2. The Morgan fingerprint density at radius 1 is 0.800 bits per heavy atom. The number of hydrogen-bond donors (Lipinski definition) is 1. The number of benzene rings is 3. The number of allylic oxidation sites excluding steroid dienone is 1. The highest BCUT2D eigenvalue weighted by molar-refractivity contribution is 6.38. The molecular weight excluding hydrogens is 312 g/mol. The molecule has 3 aromatic rings. The molecule has 3 aromatic carbocycles. The summed E-state index contributed by atoms with van der Waals surface area (Å²) in [4.78, 5) is 12.6. The summed E-state index contributed by atoms with van der Waals surface area (Å²) in [6.07, 6.45) is 0. The van der Waals surface area contributed by atoms with E-state index in [2.05, 4.69) is 0 Å². The number of hydrogen-bond acceptors (Lipinski definition) is 3. The van der Waals surface area contributed by atoms with Crippen molar-refractivity contribution in [2.75, 3.05) is 0 Å². The molecule has 25 heavy (non-hydrogen) atoms. The Balaban J connectivity index is 1.62. The lowest BCUT2D eigenvalue weighted by Crippen LogP contribution is -1.99. The molecule has 0 spiro atoms. The van der Waals surface area contributed by atoms with Gasteiger partial charge in [-0.15, -0.1) is 0 Å². The zero-order valence-electron chi connectivity index (χ0n) is 13.5. The Bertz CT molecular complexity index is 971. The number of ketones is 1. The van der Waals surface area contributed by atoms with Crippen LogP contribution in [-0.4, -0.2) is 10.9 Å². The lowest BCUT2D eigenvalue weighted by Gasteiger charge is -2.09. The maximum absolute atomic E-state index is 12.6. The van der Waals surface area contributed by atoms with E-state index >= 15 is 0 Å². The number of rotatable bonds is 4. The molecule has 1 aliphatic rings. The largest absolute Gasteiger partial charge is 0.507 e. The summed E-state index contributed by atoms with van der Waals surface area (Å²) in [6.45, 7) is 0.448. The van der Waals surface area contributed by atoms with Gasteiger partial charge in [-0.05, 0) is 23.3 Å². The second-order valence-electron chi connectivity index (χ2n) is 5.90. The average Bonchev–Trinajstić information content (AvgIpc) is 2.92. The quantitative estimate of drug-likeness (QED) is 0.742. The van der Waals surface area contributed by atoms with Crippen molar-refractivity contribution in [3.63, 3.8) is 0 Å². The van der Waals surface area contributed by atoms with Crippen LogP contribution < -0.4 is 4.74 Å². The number of aliphatic hydroxyl groups is 1. The lowest BCUT2D eigenvalue weighted by atomic mass is 10.0. The van der Waals surface area contributed by atoms with E-state index in [1.54, 1.807) is 24.3 Å². The van der Waals surface area contributed by atoms with Crippen LogP contribution in [-0.2, 0) is 6.61 Å². The van der Waals surface area contributed by atoms with Crippen molar-refractivity contribution in [2.45, 2.75) is 6.61 Å². The van der Waals surface area contributed by atoms with Crippen molar-refractivity contribution in [1.29, 1.82) is 0 Å². The molecule has 0 aliphatic heterocycles. The summed E-state index contributed by atoms with van der Waals surface area (Å²) in [5.41, 5.74) is 3.17. The second kappa shape index (κ2) is 6.29. The molecule has 0 atom stereocenters. The first kappa shape index (κ1) is 15.2. The second-order valence-corrected chi connectivity index (χ2v) is 5.90. The van der Waals surface area contributed by atoms with Gasteiger partial charge in [0.2, 0.25) is 0 Å². The maximum Gasteiger partial charge on any atom is 0.198 e. The monoisotopic (exact) mass is 328 g/mol. The van der Waals surface area contributed by atoms with Gasteiger partial charge in [-0.1, -0.05) is 66.7 Å². The predicted octanol–water partition coefficient (Wildman–Crippen LogP) is 4.89. The third-order valence-corrected chi connectivity index (χ3v) is 4.26. The number of Topliss-reactive ketones (excluding diaryl/α,β-unsaturated/α-hetero) is 1. The standard InChI is InChI=1S/C22H16O3/c23-21-18-11-4-5-12-19(18)22(24)20(21)16-9-6-10-17(13-16)25-14-15-7-2-1-3-8-15/h1-13,23H,14H2. The highest BCUT2D eigenvalue weighted by Crippen LogP contribution is 2.37. The SMILES string of the molecule is O=C1C(c2cccc(OCc3ccccc3)c2)=C(O)c2ccccc21. The van der Waals surface area contributed by atoms with E-state index in [1.807, 2.05) is 54.6 Å². The Labute approximate surface area is 145 Å². The minimum absolute atomic E-state index is 0.0285. The lowest BCUT2D eigenvalue weighted by molar-refractivity contribution is 0.105. The molecule has 0 saturated heterocycles. The van der Waals surface area contributed by atoms with Gasteiger partial charge in [-0.3, -0.25) is 4.79 Å². The smallest absolute Gasteiger partial charge is 0.198 e. The van der Waals surface area contributed by atoms with Crippen molar-refractivity contribution >= 4 is 17.1 Å². The van der Waals surface area contributed by atoms with Gasteiger partial charge in [0.15, 0.2) is 5.78 Å². The van der Waals surface area contributed by atoms with Crippen LogP contribution in [0.3, 0.4) is 0 Å². The molecule has 0 saturated carbocycles. The van der Waals surface area contributed by atoms with Crippen LogP contribution in [0, 0.1) is 0 Å². The van der Waals surface area contributed by atoms with Gasteiger partial charge < -0.3 is 9.84 Å². The van der Waals surface area contributed by atoms with E-state index < -0.39 is 0 Å². The molecule has 1 N–H and O–H groups in total.